The van der Waals surface area contributed by atoms with Crippen molar-refractivity contribution in [3.63, 3.8) is 0 Å². The summed E-state index contributed by atoms with van der Waals surface area (Å²) in [5, 5.41) is 0. The van der Waals surface area contributed by atoms with Gasteiger partial charge in [0.15, 0.2) is 6.10 Å². The number of rotatable bonds is 54. The van der Waals surface area contributed by atoms with E-state index >= 15 is 0 Å². The lowest BCUT2D eigenvalue weighted by molar-refractivity contribution is -0.167. The van der Waals surface area contributed by atoms with E-state index in [9.17, 15) is 14.4 Å². The predicted octanol–water partition coefficient (Wildman–Crippen LogP) is 19.9. The number of unbranched alkanes of at least 4 members (excludes halogenated alkanes) is 35. The second kappa shape index (κ2) is 52.2. The molecule has 67 heavy (non-hydrogen) atoms. The van der Waals surface area contributed by atoms with Crippen LogP contribution < -0.4 is 0 Å². The Bertz CT molecular complexity index is 1040. The first kappa shape index (κ1) is 65.4. The van der Waals surface area contributed by atoms with Crippen LogP contribution in [0.1, 0.15) is 337 Å². The third-order valence-electron chi connectivity index (χ3n) is 14.6. The zero-order valence-electron chi connectivity index (χ0n) is 46.2. The summed E-state index contributed by atoms with van der Waals surface area (Å²) in [6.45, 7) is 13.8. The van der Waals surface area contributed by atoms with Gasteiger partial charge in [-0.3, -0.25) is 14.4 Å². The second-order valence-electron chi connectivity index (χ2n) is 21.9. The van der Waals surface area contributed by atoms with Crippen molar-refractivity contribution < 1.29 is 28.6 Å². The lowest BCUT2D eigenvalue weighted by Crippen LogP contribution is -2.30. The normalized spacial score (nSPS) is 12.9. The summed E-state index contributed by atoms with van der Waals surface area (Å²) in [7, 11) is 0. The lowest BCUT2D eigenvalue weighted by Gasteiger charge is -2.18. The summed E-state index contributed by atoms with van der Waals surface area (Å²) >= 11 is 0. The van der Waals surface area contributed by atoms with Crippen molar-refractivity contribution in [1.82, 2.24) is 0 Å². The van der Waals surface area contributed by atoms with Gasteiger partial charge in [0, 0.05) is 19.3 Å². The molecule has 0 aromatic heterocycles. The lowest BCUT2D eigenvalue weighted by atomic mass is 9.99. The highest BCUT2D eigenvalue weighted by atomic mass is 16.6. The van der Waals surface area contributed by atoms with Crippen LogP contribution in [0.3, 0.4) is 0 Å². The minimum absolute atomic E-state index is 0.0637. The van der Waals surface area contributed by atoms with Gasteiger partial charge in [-0.1, -0.05) is 298 Å². The Kier molecular flexibility index (Phi) is 51.0. The van der Waals surface area contributed by atoms with E-state index in [1.807, 2.05) is 0 Å². The zero-order valence-corrected chi connectivity index (χ0v) is 46.2. The average Bonchev–Trinajstić information content (AvgIpc) is 3.31. The second-order valence-corrected chi connectivity index (χ2v) is 21.9. The molecular weight excluding hydrogens is 829 g/mol. The predicted molar refractivity (Wildman–Crippen MR) is 289 cm³/mol. The minimum Gasteiger partial charge on any atom is -0.462 e. The number of hydrogen-bond donors (Lipinski definition) is 0. The molecule has 0 spiro atoms. The maximum Gasteiger partial charge on any atom is 0.306 e. The maximum atomic E-state index is 12.8. The molecule has 0 radical (unpaired) electrons. The fraction of sp³-hybridized carbons (Fsp3) is 0.951. The third-order valence-corrected chi connectivity index (χ3v) is 14.6. The molecule has 0 aliphatic heterocycles. The van der Waals surface area contributed by atoms with Gasteiger partial charge in [-0.05, 0) is 37.0 Å². The van der Waals surface area contributed by atoms with Crippen molar-refractivity contribution in [2.45, 2.75) is 343 Å². The third kappa shape index (κ3) is 52.1. The number of ether oxygens (including phenoxy) is 3. The van der Waals surface area contributed by atoms with Crippen molar-refractivity contribution in [3.8, 4) is 0 Å². The summed E-state index contributed by atoms with van der Waals surface area (Å²) < 4.78 is 16.9. The first-order valence-electron chi connectivity index (χ1n) is 30.2. The number of carbonyl (C=O) groups is 3. The zero-order chi connectivity index (χ0) is 49.1. The molecule has 2 unspecified atom stereocenters. The highest BCUT2D eigenvalue weighted by Crippen LogP contribution is 2.19. The molecule has 398 valence electrons. The van der Waals surface area contributed by atoms with Gasteiger partial charge in [0.05, 0.1) is 0 Å². The summed E-state index contributed by atoms with van der Waals surface area (Å²) in [6, 6.07) is 0. The minimum atomic E-state index is -0.764. The molecule has 0 fully saturated rings. The van der Waals surface area contributed by atoms with Crippen LogP contribution in [-0.2, 0) is 28.6 Å². The van der Waals surface area contributed by atoms with Gasteiger partial charge in [0.2, 0.25) is 0 Å². The Morgan fingerprint density at radius 1 is 0.299 bits per heavy atom. The van der Waals surface area contributed by atoms with Gasteiger partial charge in [0.25, 0.3) is 0 Å². The molecule has 6 nitrogen and oxygen atoms in total. The quantitative estimate of drug-likeness (QED) is 0.0343. The Morgan fingerprint density at radius 2 is 0.522 bits per heavy atom. The summed E-state index contributed by atoms with van der Waals surface area (Å²) in [5.74, 6) is 1.74. The van der Waals surface area contributed by atoms with E-state index in [4.69, 9.17) is 14.2 Å². The number of carbonyl (C=O) groups excluding carboxylic acids is 3. The molecule has 3 atom stereocenters. The summed E-state index contributed by atoms with van der Waals surface area (Å²) in [4.78, 5) is 38.2. The maximum absolute atomic E-state index is 12.8. The van der Waals surface area contributed by atoms with Crippen LogP contribution in [0.25, 0.3) is 0 Å². The highest BCUT2D eigenvalue weighted by molar-refractivity contribution is 5.71. The van der Waals surface area contributed by atoms with Gasteiger partial charge in [0.1, 0.15) is 13.2 Å². The monoisotopic (exact) mass is 947 g/mol. The molecule has 0 amide bonds. The van der Waals surface area contributed by atoms with Crippen molar-refractivity contribution in [2.75, 3.05) is 13.2 Å². The molecule has 0 N–H and O–H groups in total. The molecule has 0 bridgehead atoms. The summed E-state index contributed by atoms with van der Waals surface area (Å²) in [5.41, 5.74) is 0. The fourth-order valence-corrected chi connectivity index (χ4v) is 9.29. The Balaban J connectivity index is 4.23. The van der Waals surface area contributed by atoms with Crippen molar-refractivity contribution in [1.29, 1.82) is 0 Å². The van der Waals surface area contributed by atoms with E-state index in [1.165, 1.54) is 218 Å². The van der Waals surface area contributed by atoms with Gasteiger partial charge in [-0.15, -0.1) is 0 Å². The molecule has 0 saturated heterocycles. The van der Waals surface area contributed by atoms with Gasteiger partial charge >= 0.3 is 17.9 Å². The Morgan fingerprint density at radius 3 is 0.776 bits per heavy atom. The van der Waals surface area contributed by atoms with E-state index in [0.717, 1.165) is 75.5 Å². The van der Waals surface area contributed by atoms with E-state index in [1.54, 1.807) is 0 Å². The van der Waals surface area contributed by atoms with Crippen LogP contribution in [0.2, 0.25) is 0 Å². The molecule has 0 rings (SSSR count). The van der Waals surface area contributed by atoms with E-state index in [0.29, 0.717) is 19.3 Å². The first-order chi connectivity index (χ1) is 32.7. The van der Waals surface area contributed by atoms with Gasteiger partial charge in [-0.2, -0.15) is 0 Å². The molecule has 6 heteroatoms. The topological polar surface area (TPSA) is 78.9 Å². The van der Waals surface area contributed by atoms with Gasteiger partial charge < -0.3 is 14.2 Å². The molecule has 0 saturated carbocycles. The van der Waals surface area contributed by atoms with Crippen LogP contribution in [-0.4, -0.2) is 37.2 Å². The number of esters is 3. The smallest absolute Gasteiger partial charge is 0.306 e. The van der Waals surface area contributed by atoms with E-state index in [2.05, 4.69) is 41.5 Å². The highest BCUT2D eigenvalue weighted by Gasteiger charge is 2.19. The Hall–Kier alpha value is -1.59. The fourth-order valence-electron chi connectivity index (χ4n) is 9.29. The van der Waals surface area contributed by atoms with Crippen LogP contribution in [0.4, 0.5) is 0 Å². The van der Waals surface area contributed by atoms with Crippen LogP contribution in [0.5, 0.6) is 0 Å². The molecule has 0 aromatic carbocycles. The van der Waals surface area contributed by atoms with Crippen molar-refractivity contribution in [2.24, 2.45) is 17.8 Å². The molecular formula is C61H118O6. The first-order valence-corrected chi connectivity index (χ1v) is 30.2. The Labute approximate surface area is 418 Å². The van der Waals surface area contributed by atoms with E-state index < -0.39 is 6.10 Å². The van der Waals surface area contributed by atoms with Gasteiger partial charge in [-0.25, -0.2) is 0 Å². The summed E-state index contributed by atoms with van der Waals surface area (Å²) in [6.07, 6.45) is 55.2. The number of hydrogen-bond acceptors (Lipinski definition) is 6. The molecule has 0 aliphatic carbocycles. The average molecular weight is 948 g/mol. The van der Waals surface area contributed by atoms with Crippen LogP contribution in [0.15, 0.2) is 0 Å². The SMILES string of the molecule is CCC(C)CCCCCCCCCCCCCCCCCCCCC(=O)OC[C@H](COC(=O)CCCCCCCCCCCCCCC(C)C)OC(=O)CCCCCCCCCCC(C)CC. The van der Waals surface area contributed by atoms with Crippen LogP contribution >= 0.6 is 0 Å². The molecule has 0 aliphatic rings. The van der Waals surface area contributed by atoms with E-state index in [-0.39, 0.29) is 31.1 Å². The standard InChI is InChI=1S/C61H118O6/c1-7-56(5)48-42-36-30-24-20-15-13-11-9-10-12-14-16-21-25-32-38-44-50-59(62)65-53-58(67-61(64)52-46-40-34-28-27-31-37-43-49-57(6)8-2)54-66-60(63)51-45-39-33-26-22-18-17-19-23-29-35-41-47-55(3)4/h55-58H,7-54H2,1-6H3/t56?,57?,58-/m1/s1. The van der Waals surface area contributed by atoms with Crippen LogP contribution in [0, 0.1) is 17.8 Å². The largest absolute Gasteiger partial charge is 0.462 e. The molecule has 0 heterocycles. The van der Waals surface area contributed by atoms with Crippen molar-refractivity contribution >= 4 is 17.9 Å². The molecule has 0 aromatic rings. The van der Waals surface area contributed by atoms with Crippen molar-refractivity contribution in [3.05, 3.63) is 0 Å².